The number of hydrogen-bond acceptors (Lipinski definition) is 4. The lowest BCUT2D eigenvalue weighted by atomic mass is 10.1. The van der Waals surface area contributed by atoms with Crippen molar-refractivity contribution in [3.63, 3.8) is 0 Å². The zero-order chi connectivity index (χ0) is 19.2. The molecule has 0 aliphatic carbocycles. The number of fused-ring (bicyclic) bond motifs is 1. The molecule has 3 aromatic rings. The highest BCUT2D eigenvalue weighted by Crippen LogP contribution is 2.29. The first-order chi connectivity index (χ1) is 12.1. The molecule has 6 nitrogen and oxygen atoms in total. The second-order valence-electron chi connectivity index (χ2n) is 5.40. The number of aromatic carboxylic acids is 1. The molecule has 0 aliphatic heterocycles. The van der Waals surface area contributed by atoms with Gasteiger partial charge in [0.25, 0.3) is 5.56 Å². The molecule has 0 fully saturated rings. The zero-order valence-corrected chi connectivity index (χ0v) is 13.8. The summed E-state index contributed by atoms with van der Waals surface area (Å²) in [5, 5.41) is 9.42. The summed E-state index contributed by atoms with van der Waals surface area (Å²) in [4.78, 5) is 31.3. The standard InChI is InChI=1S/C16H9ClF3N3O3/c1-7-4-12(17)21-6-10(7)23-13-8(5-9(14(23)24)15(25)26)2-3-11(22-13)16(18,19)20/h2-6H,1H3,(H,25,26). The van der Waals surface area contributed by atoms with E-state index in [1.165, 1.54) is 12.3 Å². The minimum Gasteiger partial charge on any atom is -0.477 e. The van der Waals surface area contributed by atoms with Crippen LogP contribution in [0.2, 0.25) is 5.15 Å². The second kappa shape index (κ2) is 6.10. The molecule has 10 heteroatoms. The summed E-state index contributed by atoms with van der Waals surface area (Å²) in [5.74, 6) is -1.51. The average molecular weight is 384 g/mol. The molecule has 0 aliphatic rings. The fraction of sp³-hybridized carbons (Fsp3) is 0.125. The predicted octanol–water partition coefficient (Wildman–Crippen LogP) is 3.46. The van der Waals surface area contributed by atoms with E-state index in [0.717, 1.165) is 22.8 Å². The van der Waals surface area contributed by atoms with Gasteiger partial charge in [-0.1, -0.05) is 11.6 Å². The quantitative estimate of drug-likeness (QED) is 0.685. The SMILES string of the molecule is Cc1cc(Cl)ncc1-n1c(=O)c(C(=O)O)cc2ccc(C(F)(F)F)nc21. The Bertz CT molecular complexity index is 1110. The molecule has 0 radical (unpaired) electrons. The second-order valence-corrected chi connectivity index (χ2v) is 5.79. The lowest BCUT2D eigenvalue weighted by molar-refractivity contribution is -0.141. The number of halogens is 4. The van der Waals surface area contributed by atoms with Crippen molar-refractivity contribution in [1.82, 2.24) is 14.5 Å². The molecule has 0 bridgehead atoms. The van der Waals surface area contributed by atoms with Crippen LogP contribution in [0.25, 0.3) is 16.7 Å². The van der Waals surface area contributed by atoms with Crippen molar-refractivity contribution in [2.24, 2.45) is 0 Å². The number of aryl methyl sites for hydroxylation is 1. The van der Waals surface area contributed by atoms with Crippen molar-refractivity contribution in [2.45, 2.75) is 13.1 Å². The number of carbonyl (C=O) groups is 1. The van der Waals surface area contributed by atoms with Crippen LogP contribution in [0.1, 0.15) is 21.6 Å². The number of alkyl halides is 3. The van der Waals surface area contributed by atoms with Crippen LogP contribution >= 0.6 is 11.6 Å². The Kier molecular flexibility index (Phi) is 4.19. The molecule has 1 N–H and O–H groups in total. The zero-order valence-electron chi connectivity index (χ0n) is 13.0. The summed E-state index contributed by atoms with van der Waals surface area (Å²) < 4.78 is 39.8. The Labute approximate surface area is 148 Å². The number of hydrogen-bond donors (Lipinski definition) is 1. The monoisotopic (exact) mass is 383 g/mol. The van der Waals surface area contributed by atoms with Gasteiger partial charge in [-0.2, -0.15) is 13.2 Å². The van der Waals surface area contributed by atoms with E-state index in [1.54, 1.807) is 6.92 Å². The van der Waals surface area contributed by atoms with E-state index in [1.807, 2.05) is 0 Å². The molecule has 3 aromatic heterocycles. The molecule has 0 spiro atoms. The molecular weight excluding hydrogens is 375 g/mol. The third-order valence-electron chi connectivity index (χ3n) is 3.66. The van der Waals surface area contributed by atoms with E-state index in [2.05, 4.69) is 9.97 Å². The molecule has 0 saturated carbocycles. The van der Waals surface area contributed by atoms with Gasteiger partial charge in [-0.15, -0.1) is 0 Å². The normalized spacial score (nSPS) is 11.7. The smallest absolute Gasteiger partial charge is 0.433 e. The largest absolute Gasteiger partial charge is 0.477 e. The van der Waals surface area contributed by atoms with Gasteiger partial charge < -0.3 is 5.11 Å². The van der Waals surface area contributed by atoms with Crippen LogP contribution in [-0.4, -0.2) is 25.6 Å². The van der Waals surface area contributed by atoms with E-state index in [0.29, 0.717) is 5.56 Å². The van der Waals surface area contributed by atoms with Gasteiger partial charge in [0.15, 0.2) is 0 Å². The highest BCUT2D eigenvalue weighted by atomic mass is 35.5. The van der Waals surface area contributed by atoms with E-state index in [4.69, 9.17) is 11.6 Å². The Morgan fingerprint density at radius 1 is 1.27 bits per heavy atom. The van der Waals surface area contributed by atoms with Gasteiger partial charge in [0.05, 0.1) is 11.9 Å². The van der Waals surface area contributed by atoms with E-state index in [-0.39, 0.29) is 21.9 Å². The maximum Gasteiger partial charge on any atom is 0.433 e. The van der Waals surface area contributed by atoms with Crippen LogP contribution in [-0.2, 0) is 6.18 Å². The number of rotatable bonds is 2. The molecule has 0 unspecified atom stereocenters. The highest BCUT2D eigenvalue weighted by molar-refractivity contribution is 6.29. The van der Waals surface area contributed by atoms with E-state index in [9.17, 15) is 27.9 Å². The first-order valence-corrected chi connectivity index (χ1v) is 7.47. The molecular formula is C16H9ClF3N3O3. The van der Waals surface area contributed by atoms with Gasteiger partial charge >= 0.3 is 12.1 Å². The molecule has 0 amide bonds. The minimum absolute atomic E-state index is 0.0596. The Morgan fingerprint density at radius 3 is 2.54 bits per heavy atom. The first kappa shape index (κ1) is 17.9. The molecule has 0 atom stereocenters. The Hall–Kier alpha value is -2.94. The minimum atomic E-state index is -4.73. The molecule has 26 heavy (non-hydrogen) atoms. The molecule has 3 rings (SSSR count). The molecule has 0 aromatic carbocycles. The maximum absolute atomic E-state index is 13.0. The van der Waals surface area contributed by atoms with Crippen molar-refractivity contribution < 1.29 is 23.1 Å². The summed E-state index contributed by atoms with van der Waals surface area (Å²) in [7, 11) is 0. The van der Waals surface area contributed by atoms with Crippen LogP contribution in [0.15, 0.2) is 35.3 Å². The number of aromatic nitrogens is 3. The fourth-order valence-corrected chi connectivity index (χ4v) is 2.68. The van der Waals surface area contributed by atoms with E-state index >= 15 is 0 Å². The van der Waals surface area contributed by atoms with Gasteiger partial charge in [-0.25, -0.2) is 14.8 Å². The molecule has 3 heterocycles. The van der Waals surface area contributed by atoms with Crippen molar-refractivity contribution >= 4 is 28.6 Å². The summed E-state index contributed by atoms with van der Waals surface area (Å²) >= 11 is 5.77. The van der Waals surface area contributed by atoms with Gasteiger partial charge in [0, 0.05) is 5.39 Å². The molecule has 0 saturated heterocycles. The van der Waals surface area contributed by atoms with Crippen LogP contribution in [0.5, 0.6) is 0 Å². The summed E-state index contributed by atoms with van der Waals surface area (Å²) in [6, 6.07) is 4.17. The summed E-state index contributed by atoms with van der Waals surface area (Å²) in [6.07, 6.45) is -3.56. The number of pyridine rings is 3. The van der Waals surface area contributed by atoms with Crippen molar-refractivity contribution in [3.8, 4) is 5.69 Å². The van der Waals surface area contributed by atoms with Crippen molar-refractivity contribution in [2.75, 3.05) is 0 Å². The first-order valence-electron chi connectivity index (χ1n) is 7.09. The van der Waals surface area contributed by atoms with Gasteiger partial charge in [-0.3, -0.25) is 9.36 Å². The Balaban J connectivity index is 2.49. The Morgan fingerprint density at radius 2 is 1.96 bits per heavy atom. The van der Waals surface area contributed by atoms with Crippen molar-refractivity contribution in [3.05, 3.63) is 62.8 Å². The van der Waals surface area contributed by atoms with Crippen molar-refractivity contribution in [1.29, 1.82) is 0 Å². The summed E-state index contributed by atoms with van der Waals surface area (Å²) in [6.45, 7) is 1.56. The van der Waals surface area contributed by atoms with Gasteiger partial charge in [0.2, 0.25) is 0 Å². The maximum atomic E-state index is 13.0. The van der Waals surface area contributed by atoms with Crippen LogP contribution in [0.3, 0.4) is 0 Å². The highest BCUT2D eigenvalue weighted by Gasteiger charge is 2.33. The van der Waals surface area contributed by atoms with Crippen LogP contribution < -0.4 is 5.56 Å². The third kappa shape index (κ3) is 3.01. The topological polar surface area (TPSA) is 85.1 Å². The lowest BCUT2D eigenvalue weighted by Gasteiger charge is -2.14. The van der Waals surface area contributed by atoms with Gasteiger partial charge in [-0.05, 0) is 36.8 Å². The van der Waals surface area contributed by atoms with Crippen LogP contribution in [0.4, 0.5) is 13.2 Å². The number of nitrogens with zero attached hydrogens (tertiary/aromatic N) is 3. The number of carboxylic acid groups (broad SMARTS) is 1. The average Bonchev–Trinajstić information content (AvgIpc) is 2.54. The number of carboxylic acids is 1. The van der Waals surface area contributed by atoms with Crippen LogP contribution in [0, 0.1) is 6.92 Å². The molecule has 134 valence electrons. The van der Waals surface area contributed by atoms with Gasteiger partial charge in [0.1, 0.15) is 22.1 Å². The van der Waals surface area contributed by atoms with E-state index < -0.39 is 29.0 Å². The third-order valence-corrected chi connectivity index (χ3v) is 3.87. The lowest BCUT2D eigenvalue weighted by Crippen LogP contribution is -2.27. The predicted molar refractivity (Wildman–Crippen MR) is 86.8 cm³/mol. The summed E-state index contributed by atoms with van der Waals surface area (Å²) in [5.41, 5.74) is -2.67. The fourth-order valence-electron chi connectivity index (χ4n) is 2.47.